The molecule has 0 spiro atoms. The third-order valence-electron chi connectivity index (χ3n) is 3.92. The maximum atomic E-state index is 13.9. The average molecular weight is 333 g/mol. The number of aliphatic hydroxyl groups is 1. The first-order chi connectivity index (χ1) is 11.5. The van der Waals surface area contributed by atoms with E-state index in [-0.39, 0.29) is 18.4 Å². The van der Waals surface area contributed by atoms with Crippen LogP contribution in [-0.4, -0.2) is 34.4 Å². The first-order valence-electron chi connectivity index (χ1n) is 8.20. The highest BCUT2D eigenvalue weighted by atomic mass is 19.1. The van der Waals surface area contributed by atoms with Crippen LogP contribution in [0, 0.1) is 17.7 Å². The Morgan fingerprint density at radius 3 is 2.79 bits per heavy atom. The fourth-order valence-electron chi connectivity index (χ4n) is 2.81. The quantitative estimate of drug-likeness (QED) is 0.695. The summed E-state index contributed by atoms with van der Waals surface area (Å²) in [4.78, 5) is 12.4. The second-order valence-corrected chi connectivity index (χ2v) is 6.36. The van der Waals surface area contributed by atoms with Gasteiger partial charge in [-0.2, -0.15) is 5.10 Å². The molecule has 1 amide bonds. The monoisotopic (exact) mass is 333 g/mol. The van der Waals surface area contributed by atoms with Gasteiger partial charge in [0.15, 0.2) is 0 Å². The summed E-state index contributed by atoms with van der Waals surface area (Å²) in [6.45, 7) is 4.79. The SMILES string of the molecule is CC(C)CC(CCO)CNC(=O)c1cn[nH]c1-c1ccccc1F. The number of hydrogen-bond donors (Lipinski definition) is 3. The number of H-pyrrole nitrogens is 1. The third kappa shape index (κ3) is 4.64. The van der Waals surface area contributed by atoms with Crippen LogP contribution in [0.4, 0.5) is 4.39 Å². The number of nitrogens with one attached hydrogen (secondary N) is 2. The molecule has 2 rings (SSSR count). The van der Waals surface area contributed by atoms with Crippen molar-refractivity contribution in [2.75, 3.05) is 13.2 Å². The van der Waals surface area contributed by atoms with E-state index in [0.29, 0.717) is 35.7 Å². The minimum Gasteiger partial charge on any atom is -0.396 e. The number of carbonyl (C=O) groups excluding carboxylic acids is 1. The van der Waals surface area contributed by atoms with E-state index < -0.39 is 5.82 Å². The number of amides is 1. The Kier molecular flexibility index (Phi) is 6.49. The van der Waals surface area contributed by atoms with Crippen molar-refractivity contribution in [2.24, 2.45) is 11.8 Å². The summed E-state index contributed by atoms with van der Waals surface area (Å²) < 4.78 is 13.9. The van der Waals surface area contributed by atoms with E-state index in [2.05, 4.69) is 29.4 Å². The van der Waals surface area contributed by atoms with Crippen molar-refractivity contribution in [2.45, 2.75) is 26.7 Å². The standard InChI is InChI=1S/C18H24FN3O2/c1-12(2)9-13(7-8-23)10-20-18(24)15-11-21-22-17(15)14-5-3-4-6-16(14)19/h3-6,11-13,23H,7-10H2,1-2H3,(H,20,24)(H,21,22). The van der Waals surface area contributed by atoms with Gasteiger partial charge in [-0.3, -0.25) is 9.89 Å². The van der Waals surface area contributed by atoms with Crippen LogP contribution in [0.25, 0.3) is 11.3 Å². The Bertz CT molecular complexity index is 670. The number of aliphatic hydroxyl groups excluding tert-OH is 1. The van der Waals surface area contributed by atoms with Crippen molar-refractivity contribution in [3.63, 3.8) is 0 Å². The second-order valence-electron chi connectivity index (χ2n) is 6.36. The van der Waals surface area contributed by atoms with Crippen molar-refractivity contribution in [3.8, 4) is 11.3 Å². The second kappa shape index (κ2) is 8.59. The van der Waals surface area contributed by atoms with Crippen LogP contribution in [0.5, 0.6) is 0 Å². The summed E-state index contributed by atoms with van der Waals surface area (Å²) in [5.41, 5.74) is 0.995. The van der Waals surface area contributed by atoms with Crippen molar-refractivity contribution in [3.05, 3.63) is 41.8 Å². The number of benzene rings is 1. The summed E-state index contributed by atoms with van der Waals surface area (Å²) in [6.07, 6.45) is 2.97. The number of rotatable bonds is 8. The lowest BCUT2D eigenvalue weighted by atomic mass is 9.94. The maximum Gasteiger partial charge on any atom is 0.255 e. The first kappa shape index (κ1) is 18.1. The highest BCUT2D eigenvalue weighted by molar-refractivity contribution is 5.99. The lowest BCUT2D eigenvalue weighted by molar-refractivity contribution is 0.0942. The van der Waals surface area contributed by atoms with Gasteiger partial charge in [0, 0.05) is 18.7 Å². The van der Waals surface area contributed by atoms with E-state index >= 15 is 0 Å². The Labute approximate surface area is 141 Å². The molecular formula is C18H24FN3O2. The predicted octanol–water partition coefficient (Wildman–Crippen LogP) is 2.99. The number of aromatic nitrogens is 2. The van der Waals surface area contributed by atoms with E-state index in [1.165, 1.54) is 12.3 Å². The summed E-state index contributed by atoms with van der Waals surface area (Å²) in [5, 5.41) is 18.6. The fraction of sp³-hybridized carbons (Fsp3) is 0.444. The van der Waals surface area contributed by atoms with E-state index in [9.17, 15) is 9.18 Å². The highest BCUT2D eigenvalue weighted by Gasteiger charge is 2.19. The average Bonchev–Trinajstić information content (AvgIpc) is 3.02. The molecule has 1 unspecified atom stereocenters. The molecule has 0 saturated carbocycles. The van der Waals surface area contributed by atoms with E-state index in [1.54, 1.807) is 18.2 Å². The Balaban J connectivity index is 2.08. The molecule has 0 aliphatic heterocycles. The number of aromatic amines is 1. The molecule has 1 aromatic carbocycles. The number of nitrogens with zero attached hydrogens (tertiary/aromatic N) is 1. The molecule has 0 aliphatic rings. The zero-order valence-electron chi connectivity index (χ0n) is 14.1. The Hall–Kier alpha value is -2.21. The molecule has 130 valence electrons. The van der Waals surface area contributed by atoms with Gasteiger partial charge in [-0.25, -0.2) is 4.39 Å². The van der Waals surface area contributed by atoms with Crippen molar-refractivity contribution < 1.29 is 14.3 Å². The molecule has 0 fully saturated rings. The summed E-state index contributed by atoms with van der Waals surface area (Å²) >= 11 is 0. The number of hydrogen-bond acceptors (Lipinski definition) is 3. The molecule has 6 heteroatoms. The number of carbonyl (C=O) groups is 1. The van der Waals surface area contributed by atoms with Crippen molar-refractivity contribution in [1.29, 1.82) is 0 Å². The highest BCUT2D eigenvalue weighted by Crippen LogP contribution is 2.24. The molecule has 5 nitrogen and oxygen atoms in total. The number of halogens is 1. The molecule has 1 heterocycles. The molecule has 0 aliphatic carbocycles. The van der Waals surface area contributed by atoms with E-state index in [4.69, 9.17) is 5.11 Å². The van der Waals surface area contributed by atoms with Gasteiger partial charge >= 0.3 is 0 Å². The first-order valence-corrected chi connectivity index (χ1v) is 8.20. The molecular weight excluding hydrogens is 309 g/mol. The third-order valence-corrected chi connectivity index (χ3v) is 3.92. The molecule has 24 heavy (non-hydrogen) atoms. The predicted molar refractivity (Wildman–Crippen MR) is 91.0 cm³/mol. The lowest BCUT2D eigenvalue weighted by Gasteiger charge is -2.18. The van der Waals surface area contributed by atoms with E-state index in [0.717, 1.165) is 6.42 Å². The van der Waals surface area contributed by atoms with Crippen LogP contribution in [-0.2, 0) is 0 Å². The smallest absolute Gasteiger partial charge is 0.255 e. The van der Waals surface area contributed by atoms with Crippen LogP contribution < -0.4 is 5.32 Å². The van der Waals surface area contributed by atoms with Gasteiger partial charge in [-0.1, -0.05) is 26.0 Å². The van der Waals surface area contributed by atoms with Crippen LogP contribution in [0.3, 0.4) is 0 Å². The van der Waals surface area contributed by atoms with Crippen molar-refractivity contribution in [1.82, 2.24) is 15.5 Å². The zero-order valence-corrected chi connectivity index (χ0v) is 14.1. The van der Waals surface area contributed by atoms with Gasteiger partial charge in [0.25, 0.3) is 5.91 Å². The van der Waals surface area contributed by atoms with Gasteiger partial charge in [0.2, 0.25) is 0 Å². The lowest BCUT2D eigenvalue weighted by Crippen LogP contribution is -2.30. The summed E-state index contributed by atoms with van der Waals surface area (Å²) in [7, 11) is 0. The van der Waals surface area contributed by atoms with Crippen LogP contribution >= 0.6 is 0 Å². The molecule has 0 saturated heterocycles. The van der Waals surface area contributed by atoms with Gasteiger partial charge in [-0.15, -0.1) is 0 Å². The normalized spacial score (nSPS) is 12.4. The molecule has 1 atom stereocenters. The van der Waals surface area contributed by atoms with Crippen LogP contribution in [0.1, 0.15) is 37.0 Å². The molecule has 3 N–H and O–H groups in total. The molecule has 2 aromatic rings. The van der Waals surface area contributed by atoms with Crippen LogP contribution in [0.15, 0.2) is 30.5 Å². The van der Waals surface area contributed by atoms with Crippen LogP contribution in [0.2, 0.25) is 0 Å². The molecule has 0 bridgehead atoms. The summed E-state index contributed by atoms with van der Waals surface area (Å²) in [6, 6.07) is 6.26. The Morgan fingerprint density at radius 2 is 2.12 bits per heavy atom. The maximum absolute atomic E-state index is 13.9. The van der Waals surface area contributed by atoms with Crippen molar-refractivity contribution >= 4 is 5.91 Å². The minimum atomic E-state index is -0.409. The van der Waals surface area contributed by atoms with Gasteiger partial charge in [0.05, 0.1) is 17.5 Å². The topological polar surface area (TPSA) is 78.0 Å². The van der Waals surface area contributed by atoms with Gasteiger partial charge in [0.1, 0.15) is 5.82 Å². The molecule has 1 aromatic heterocycles. The zero-order chi connectivity index (χ0) is 17.5. The Morgan fingerprint density at radius 1 is 1.38 bits per heavy atom. The largest absolute Gasteiger partial charge is 0.396 e. The fourth-order valence-corrected chi connectivity index (χ4v) is 2.81. The van der Waals surface area contributed by atoms with Gasteiger partial charge in [-0.05, 0) is 36.8 Å². The van der Waals surface area contributed by atoms with Gasteiger partial charge < -0.3 is 10.4 Å². The molecule has 0 radical (unpaired) electrons. The van der Waals surface area contributed by atoms with E-state index in [1.807, 2.05) is 0 Å². The summed E-state index contributed by atoms with van der Waals surface area (Å²) in [5.74, 6) is -0.00780. The minimum absolute atomic E-state index is 0.0967.